The Morgan fingerprint density at radius 3 is 2.47 bits per heavy atom. The minimum absolute atomic E-state index is 0.442. The van der Waals surface area contributed by atoms with Crippen LogP contribution in [0.2, 0.25) is 0 Å². The van der Waals surface area contributed by atoms with Gasteiger partial charge in [0.15, 0.2) is 0 Å². The number of hydrogen-bond acceptors (Lipinski definition) is 1. The molecule has 0 aromatic rings. The van der Waals surface area contributed by atoms with E-state index in [4.69, 9.17) is 11.6 Å². The first-order chi connectivity index (χ1) is 7.26. The van der Waals surface area contributed by atoms with Crippen molar-refractivity contribution < 1.29 is 0 Å². The summed E-state index contributed by atoms with van der Waals surface area (Å²) in [5, 5.41) is 0.442. The van der Waals surface area contributed by atoms with E-state index in [0.29, 0.717) is 5.38 Å². The van der Waals surface area contributed by atoms with E-state index >= 15 is 0 Å². The predicted molar refractivity (Wildman–Crippen MR) is 68.6 cm³/mol. The van der Waals surface area contributed by atoms with Gasteiger partial charge in [0.25, 0.3) is 0 Å². The van der Waals surface area contributed by atoms with Gasteiger partial charge in [-0.05, 0) is 38.3 Å². The molecule has 1 aliphatic rings. The van der Waals surface area contributed by atoms with Gasteiger partial charge in [0.1, 0.15) is 0 Å². The van der Waals surface area contributed by atoms with Crippen molar-refractivity contribution in [1.29, 1.82) is 0 Å². The number of likely N-dealkylation sites (tertiary alicyclic amines) is 1. The van der Waals surface area contributed by atoms with Crippen molar-refractivity contribution in [2.75, 3.05) is 19.6 Å². The maximum Gasteiger partial charge on any atom is 0.0360 e. The fourth-order valence-electron chi connectivity index (χ4n) is 2.37. The molecule has 0 amide bonds. The molecule has 0 N–H and O–H groups in total. The van der Waals surface area contributed by atoms with Crippen molar-refractivity contribution in [3.8, 4) is 0 Å². The molecule has 1 unspecified atom stereocenters. The average molecular weight is 232 g/mol. The Kier molecular flexibility index (Phi) is 6.67. The molecule has 1 aliphatic heterocycles. The molecule has 0 radical (unpaired) electrons. The first kappa shape index (κ1) is 13.3. The van der Waals surface area contributed by atoms with Crippen LogP contribution < -0.4 is 0 Å². The SMILES string of the molecule is CCCCC(CC)CN1CCC(Cl)CC1. The molecule has 1 rings (SSSR count). The fourth-order valence-corrected chi connectivity index (χ4v) is 2.56. The molecule has 1 saturated heterocycles. The molecule has 1 fully saturated rings. The molecule has 1 atom stereocenters. The maximum atomic E-state index is 6.11. The Labute approximate surface area is 100 Å². The smallest absolute Gasteiger partial charge is 0.0360 e. The molecule has 1 heterocycles. The van der Waals surface area contributed by atoms with Crippen LogP contribution in [0.1, 0.15) is 52.4 Å². The number of piperidine rings is 1. The highest BCUT2D eigenvalue weighted by molar-refractivity contribution is 6.20. The third-order valence-corrected chi connectivity index (χ3v) is 4.01. The Balaban J connectivity index is 2.19. The van der Waals surface area contributed by atoms with Gasteiger partial charge in [-0.15, -0.1) is 11.6 Å². The van der Waals surface area contributed by atoms with Crippen LogP contribution >= 0.6 is 11.6 Å². The van der Waals surface area contributed by atoms with E-state index in [1.54, 1.807) is 0 Å². The van der Waals surface area contributed by atoms with Crippen LogP contribution in [0.25, 0.3) is 0 Å². The molecule has 0 aliphatic carbocycles. The highest BCUT2D eigenvalue weighted by Gasteiger charge is 2.19. The van der Waals surface area contributed by atoms with E-state index in [9.17, 15) is 0 Å². The summed E-state index contributed by atoms with van der Waals surface area (Å²) in [6, 6.07) is 0. The first-order valence-corrected chi connectivity index (χ1v) is 7.06. The van der Waals surface area contributed by atoms with Crippen LogP contribution in [0.3, 0.4) is 0 Å². The van der Waals surface area contributed by atoms with Gasteiger partial charge in [0.05, 0.1) is 0 Å². The number of rotatable bonds is 6. The monoisotopic (exact) mass is 231 g/mol. The lowest BCUT2D eigenvalue weighted by molar-refractivity contribution is 0.189. The van der Waals surface area contributed by atoms with Crippen molar-refractivity contribution >= 4 is 11.6 Å². The second kappa shape index (κ2) is 7.51. The number of halogens is 1. The van der Waals surface area contributed by atoms with Crippen molar-refractivity contribution in [3.63, 3.8) is 0 Å². The van der Waals surface area contributed by atoms with Gasteiger partial charge in [-0.2, -0.15) is 0 Å². The predicted octanol–water partition coefficient (Wildman–Crippen LogP) is 3.91. The second-order valence-electron chi connectivity index (χ2n) is 4.89. The second-order valence-corrected chi connectivity index (χ2v) is 5.51. The number of hydrogen-bond donors (Lipinski definition) is 0. The van der Waals surface area contributed by atoms with Gasteiger partial charge in [-0.3, -0.25) is 0 Å². The van der Waals surface area contributed by atoms with Gasteiger partial charge >= 0.3 is 0 Å². The van der Waals surface area contributed by atoms with Gasteiger partial charge < -0.3 is 4.90 Å². The number of nitrogens with zero attached hydrogens (tertiary/aromatic N) is 1. The zero-order valence-corrected chi connectivity index (χ0v) is 11.1. The molecule has 1 nitrogen and oxygen atoms in total. The van der Waals surface area contributed by atoms with Crippen LogP contribution in [0.5, 0.6) is 0 Å². The molecule has 2 heteroatoms. The Morgan fingerprint density at radius 1 is 1.27 bits per heavy atom. The first-order valence-electron chi connectivity index (χ1n) is 6.62. The lowest BCUT2D eigenvalue weighted by atomic mass is 9.97. The third kappa shape index (κ3) is 5.21. The largest absolute Gasteiger partial charge is 0.303 e. The Bertz CT molecular complexity index is 150. The summed E-state index contributed by atoms with van der Waals surface area (Å²) in [5.74, 6) is 0.914. The van der Waals surface area contributed by atoms with Gasteiger partial charge in [-0.1, -0.05) is 33.1 Å². The zero-order valence-electron chi connectivity index (χ0n) is 10.3. The van der Waals surface area contributed by atoms with E-state index < -0.39 is 0 Å². The molecule has 0 saturated carbocycles. The van der Waals surface area contributed by atoms with Gasteiger partial charge in [-0.25, -0.2) is 0 Å². The summed E-state index contributed by atoms with van der Waals surface area (Å²) >= 11 is 6.11. The summed E-state index contributed by atoms with van der Waals surface area (Å²) in [7, 11) is 0. The van der Waals surface area contributed by atoms with E-state index in [0.717, 1.165) is 5.92 Å². The molecule has 15 heavy (non-hydrogen) atoms. The summed E-state index contributed by atoms with van der Waals surface area (Å²) in [6.45, 7) is 8.36. The van der Waals surface area contributed by atoms with E-state index in [-0.39, 0.29) is 0 Å². The maximum absolute atomic E-state index is 6.11. The van der Waals surface area contributed by atoms with Crippen LogP contribution in [0.15, 0.2) is 0 Å². The minimum Gasteiger partial charge on any atom is -0.303 e. The molecular formula is C13H26ClN. The average Bonchev–Trinajstić information content (AvgIpc) is 2.27. The summed E-state index contributed by atoms with van der Waals surface area (Å²) in [4.78, 5) is 2.61. The molecule has 0 aromatic carbocycles. The number of alkyl halides is 1. The molecule has 90 valence electrons. The summed E-state index contributed by atoms with van der Waals surface area (Å²) in [6.07, 6.45) is 7.84. The lowest BCUT2D eigenvalue weighted by Crippen LogP contribution is -2.37. The fraction of sp³-hybridized carbons (Fsp3) is 1.00. The molecule has 0 aromatic heterocycles. The Hall–Kier alpha value is 0.250. The molecule has 0 bridgehead atoms. The highest BCUT2D eigenvalue weighted by atomic mass is 35.5. The van der Waals surface area contributed by atoms with Crippen molar-refractivity contribution in [1.82, 2.24) is 4.90 Å². The van der Waals surface area contributed by atoms with Gasteiger partial charge in [0.2, 0.25) is 0 Å². The lowest BCUT2D eigenvalue weighted by Gasteiger charge is -2.32. The molecular weight excluding hydrogens is 206 g/mol. The van der Waals surface area contributed by atoms with Crippen molar-refractivity contribution in [2.24, 2.45) is 5.92 Å². The molecule has 0 spiro atoms. The highest BCUT2D eigenvalue weighted by Crippen LogP contribution is 2.19. The van der Waals surface area contributed by atoms with E-state index in [1.807, 2.05) is 0 Å². The van der Waals surface area contributed by atoms with E-state index in [1.165, 1.54) is 58.2 Å². The quantitative estimate of drug-likeness (QED) is 0.627. The van der Waals surface area contributed by atoms with Crippen LogP contribution in [0.4, 0.5) is 0 Å². The third-order valence-electron chi connectivity index (χ3n) is 3.58. The van der Waals surface area contributed by atoms with Crippen molar-refractivity contribution in [3.05, 3.63) is 0 Å². The standard InChI is InChI=1S/C13H26ClN/c1-3-5-6-12(4-2)11-15-9-7-13(14)8-10-15/h12-13H,3-11H2,1-2H3. The zero-order chi connectivity index (χ0) is 11.1. The normalized spacial score (nSPS) is 21.8. The van der Waals surface area contributed by atoms with Crippen LogP contribution in [-0.4, -0.2) is 29.9 Å². The topological polar surface area (TPSA) is 3.24 Å². The number of unbranched alkanes of at least 4 members (excludes halogenated alkanes) is 1. The summed E-state index contributed by atoms with van der Waals surface area (Å²) < 4.78 is 0. The van der Waals surface area contributed by atoms with Crippen LogP contribution in [-0.2, 0) is 0 Å². The Morgan fingerprint density at radius 2 is 1.93 bits per heavy atom. The van der Waals surface area contributed by atoms with Gasteiger partial charge in [0, 0.05) is 11.9 Å². The van der Waals surface area contributed by atoms with Crippen LogP contribution in [0, 0.1) is 5.92 Å². The van der Waals surface area contributed by atoms with E-state index in [2.05, 4.69) is 18.7 Å². The summed E-state index contributed by atoms with van der Waals surface area (Å²) in [5.41, 5.74) is 0. The minimum atomic E-state index is 0.442. The van der Waals surface area contributed by atoms with Crippen molar-refractivity contribution in [2.45, 2.75) is 57.7 Å².